The Balaban J connectivity index is 1.67. The van der Waals surface area contributed by atoms with E-state index in [2.05, 4.69) is 10.4 Å². The highest BCUT2D eigenvalue weighted by molar-refractivity contribution is 6.32. The molecule has 6 nitrogen and oxygen atoms in total. The smallest absolute Gasteiger partial charge is 0.321 e. The number of aliphatic hydroxyl groups is 1. The lowest BCUT2D eigenvalue weighted by Gasteiger charge is -2.31. The van der Waals surface area contributed by atoms with Crippen LogP contribution in [0.1, 0.15) is 12.8 Å². The van der Waals surface area contributed by atoms with E-state index in [4.69, 9.17) is 11.6 Å². The van der Waals surface area contributed by atoms with Crippen molar-refractivity contribution in [2.24, 2.45) is 5.92 Å². The van der Waals surface area contributed by atoms with Crippen molar-refractivity contribution in [1.82, 2.24) is 14.7 Å². The van der Waals surface area contributed by atoms with Crippen molar-refractivity contribution in [3.05, 3.63) is 41.7 Å². The predicted molar refractivity (Wildman–Crippen MR) is 89.0 cm³/mol. The summed E-state index contributed by atoms with van der Waals surface area (Å²) in [4.78, 5) is 14.0. The van der Waals surface area contributed by atoms with Crippen LogP contribution in [-0.2, 0) is 0 Å². The molecule has 1 saturated heterocycles. The van der Waals surface area contributed by atoms with Gasteiger partial charge >= 0.3 is 6.03 Å². The molecule has 0 radical (unpaired) electrons. The lowest BCUT2D eigenvalue weighted by atomic mass is 9.99. The summed E-state index contributed by atoms with van der Waals surface area (Å²) in [7, 11) is 0. The third-order valence-electron chi connectivity index (χ3n) is 4.00. The number of anilines is 1. The summed E-state index contributed by atoms with van der Waals surface area (Å²) in [5, 5.41) is 16.9. The number of carbonyl (C=O) groups excluding carboxylic acids is 1. The number of urea groups is 1. The highest BCUT2D eigenvalue weighted by Crippen LogP contribution is 2.21. The van der Waals surface area contributed by atoms with Gasteiger partial charge in [0.2, 0.25) is 0 Å². The molecule has 2 amide bonds. The summed E-state index contributed by atoms with van der Waals surface area (Å²) >= 11 is 6.15. The molecular weight excluding hydrogens is 316 g/mol. The number of nitrogens with one attached hydrogen (secondary N) is 1. The third kappa shape index (κ3) is 3.65. The first kappa shape index (κ1) is 15.8. The van der Waals surface area contributed by atoms with Crippen molar-refractivity contribution >= 4 is 23.3 Å². The van der Waals surface area contributed by atoms with Crippen molar-refractivity contribution < 1.29 is 9.90 Å². The zero-order chi connectivity index (χ0) is 16.2. The van der Waals surface area contributed by atoms with Crippen LogP contribution in [0.2, 0.25) is 5.02 Å². The number of benzene rings is 1. The Kier molecular flexibility index (Phi) is 4.83. The standard InChI is InChI=1S/C16H19ClN4O2/c17-14-5-1-2-6-15(14)21-10-13(8-18-21)19-16(23)20-7-3-4-12(9-20)11-22/h1-2,5-6,8,10,12,22H,3-4,7,9,11H2,(H,19,23)/t12-/m1/s1. The molecule has 122 valence electrons. The van der Waals surface area contributed by atoms with E-state index in [1.807, 2.05) is 18.2 Å². The van der Waals surface area contributed by atoms with Gasteiger partial charge in [-0.05, 0) is 30.9 Å². The minimum absolute atomic E-state index is 0.119. The molecule has 2 heterocycles. The summed E-state index contributed by atoms with van der Waals surface area (Å²) in [6.07, 6.45) is 5.20. The van der Waals surface area contributed by atoms with Gasteiger partial charge in [0, 0.05) is 19.7 Å². The van der Waals surface area contributed by atoms with Crippen molar-refractivity contribution in [2.75, 3.05) is 25.0 Å². The van der Waals surface area contributed by atoms with E-state index in [0.717, 1.165) is 18.5 Å². The van der Waals surface area contributed by atoms with Crippen LogP contribution in [0.3, 0.4) is 0 Å². The number of amides is 2. The van der Waals surface area contributed by atoms with Gasteiger partial charge in [-0.1, -0.05) is 23.7 Å². The van der Waals surface area contributed by atoms with Crippen LogP contribution in [0.15, 0.2) is 36.7 Å². The number of rotatable bonds is 3. The second-order valence-electron chi connectivity index (χ2n) is 5.69. The van der Waals surface area contributed by atoms with E-state index in [0.29, 0.717) is 23.8 Å². The van der Waals surface area contributed by atoms with E-state index in [-0.39, 0.29) is 18.6 Å². The molecule has 2 N–H and O–H groups in total. The van der Waals surface area contributed by atoms with Crippen LogP contribution in [0, 0.1) is 5.92 Å². The first-order valence-corrected chi connectivity index (χ1v) is 8.01. The van der Waals surface area contributed by atoms with Gasteiger partial charge in [0.1, 0.15) is 0 Å². The van der Waals surface area contributed by atoms with Crippen LogP contribution in [-0.4, -0.2) is 45.5 Å². The Bertz CT molecular complexity index is 688. The van der Waals surface area contributed by atoms with Gasteiger partial charge in [-0.15, -0.1) is 0 Å². The third-order valence-corrected chi connectivity index (χ3v) is 4.32. The van der Waals surface area contributed by atoms with Gasteiger partial charge in [-0.2, -0.15) is 5.10 Å². The van der Waals surface area contributed by atoms with Gasteiger partial charge in [0.05, 0.1) is 28.8 Å². The van der Waals surface area contributed by atoms with Crippen LogP contribution in [0.4, 0.5) is 10.5 Å². The number of nitrogens with zero attached hydrogens (tertiary/aromatic N) is 3. The monoisotopic (exact) mass is 334 g/mol. The molecule has 2 aromatic rings. The normalized spacial score (nSPS) is 18.0. The van der Waals surface area contributed by atoms with E-state index in [1.54, 1.807) is 28.0 Å². The molecule has 0 spiro atoms. The number of halogens is 1. The summed E-state index contributed by atoms with van der Waals surface area (Å²) in [5.41, 5.74) is 1.37. The maximum absolute atomic E-state index is 12.3. The second kappa shape index (κ2) is 7.02. The number of hydrogen-bond acceptors (Lipinski definition) is 3. The Morgan fingerprint density at radius 2 is 2.26 bits per heavy atom. The van der Waals surface area contributed by atoms with E-state index >= 15 is 0 Å². The number of hydrogen-bond donors (Lipinski definition) is 2. The lowest BCUT2D eigenvalue weighted by molar-refractivity contribution is 0.136. The molecule has 1 atom stereocenters. The number of aromatic nitrogens is 2. The topological polar surface area (TPSA) is 70.4 Å². The maximum Gasteiger partial charge on any atom is 0.321 e. The first-order valence-electron chi connectivity index (χ1n) is 7.63. The van der Waals surface area contributed by atoms with Crippen LogP contribution >= 0.6 is 11.6 Å². The average molecular weight is 335 g/mol. The number of likely N-dealkylation sites (tertiary alicyclic amines) is 1. The van der Waals surface area contributed by atoms with Crippen LogP contribution in [0.5, 0.6) is 0 Å². The molecule has 0 bridgehead atoms. The summed E-state index contributed by atoms with van der Waals surface area (Å²) < 4.78 is 1.63. The average Bonchev–Trinajstić information content (AvgIpc) is 3.03. The van der Waals surface area contributed by atoms with E-state index < -0.39 is 0 Å². The fraction of sp³-hybridized carbons (Fsp3) is 0.375. The number of aliphatic hydroxyl groups excluding tert-OH is 1. The molecule has 7 heteroatoms. The largest absolute Gasteiger partial charge is 0.396 e. The van der Waals surface area contributed by atoms with E-state index in [9.17, 15) is 9.90 Å². The lowest BCUT2D eigenvalue weighted by Crippen LogP contribution is -2.43. The van der Waals surface area contributed by atoms with Crippen molar-refractivity contribution in [1.29, 1.82) is 0 Å². The Hall–Kier alpha value is -2.05. The van der Waals surface area contributed by atoms with Gasteiger partial charge < -0.3 is 15.3 Å². The quantitative estimate of drug-likeness (QED) is 0.906. The second-order valence-corrected chi connectivity index (χ2v) is 6.10. The predicted octanol–water partition coefficient (Wildman–Crippen LogP) is 2.76. The summed E-state index contributed by atoms with van der Waals surface area (Å²) in [6.45, 7) is 1.41. The molecule has 1 aliphatic rings. The first-order chi connectivity index (χ1) is 11.2. The summed E-state index contributed by atoms with van der Waals surface area (Å²) in [5.74, 6) is 0.167. The molecule has 1 fully saturated rings. The molecule has 0 unspecified atom stereocenters. The van der Waals surface area contributed by atoms with Crippen LogP contribution in [0.25, 0.3) is 5.69 Å². The molecule has 0 aliphatic carbocycles. The zero-order valence-electron chi connectivity index (χ0n) is 12.7. The Morgan fingerprint density at radius 3 is 3.04 bits per heavy atom. The molecule has 1 aliphatic heterocycles. The van der Waals surface area contributed by atoms with Gasteiger partial charge in [-0.3, -0.25) is 0 Å². The Morgan fingerprint density at radius 1 is 1.43 bits per heavy atom. The fourth-order valence-electron chi connectivity index (χ4n) is 2.76. The highest BCUT2D eigenvalue weighted by atomic mass is 35.5. The maximum atomic E-state index is 12.3. The van der Waals surface area contributed by atoms with Crippen LogP contribution < -0.4 is 5.32 Å². The number of piperidine rings is 1. The molecule has 0 saturated carbocycles. The SMILES string of the molecule is O=C(Nc1cnn(-c2ccccc2Cl)c1)N1CCC[C@@H](CO)C1. The van der Waals surface area contributed by atoms with Crippen molar-refractivity contribution in [2.45, 2.75) is 12.8 Å². The highest BCUT2D eigenvalue weighted by Gasteiger charge is 2.23. The van der Waals surface area contributed by atoms with Crippen molar-refractivity contribution in [3.8, 4) is 5.69 Å². The van der Waals surface area contributed by atoms with E-state index in [1.165, 1.54) is 0 Å². The van der Waals surface area contributed by atoms with Gasteiger partial charge in [0.15, 0.2) is 0 Å². The van der Waals surface area contributed by atoms with Gasteiger partial charge in [0.25, 0.3) is 0 Å². The molecule has 1 aromatic heterocycles. The van der Waals surface area contributed by atoms with Crippen molar-refractivity contribution in [3.63, 3.8) is 0 Å². The minimum atomic E-state index is -0.165. The molecule has 3 rings (SSSR count). The zero-order valence-corrected chi connectivity index (χ0v) is 13.4. The molecule has 23 heavy (non-hydrogen) atoms. The fourth-order valence-corrected chi connectivity index (χ4v) is 2.98. The minimum Gasteiger partial charge on any atom is -0.396 e. The van der Waals surface area contributed by atoms with Gasteiger partial charge in [-0.25, -0.2) is 9.48 Å². The number of para-hydroxylation sites is 1. The number of carbonyl (C=O) groups is 1. The molecular formula is C16H19ClN4O2. The Labute approximate surface area is 139 Å². The molecule has 1 aromatic carbocycles. The summed E-state index contributed by atoms with van der Waals surface area (Å²) in [6, 6.07) is 7.22.